The number of rotatable bonds is 7. The van der Waals surface area contributed by atoms with Crippen LogP contribution in [-0.4, -0.2) is 65.6 Å². The number of fused-ring (bicyclic) bond motifs is 1. The maximum absolute atomic E-state index is 12.5. The van der Waals surface area contributed by atoms with Crippen LogP contribution in [0.5, 0.6) is 5.75 Å². The van der Waals surface area contributed by atoms with E-state index < -0.39 is 0 Å². The summed E-state index contributed by atoms with van der Waals surface area (Å²) in [4.78, 5) is 24.3. The molecule has 5 rings (SSSR count). The normalized spacial score (nSPS) is 15.6. The number of carbonyl (C=O) groups is 2. The van der Waals surface area contributed by atoms with Gasteiger partial charge < -0.3 is 14.2 Å². The van der Waals surface area contributed by atoms with Crippen molar-refractivity contribution in [1.82, 2.24) is 14.7 Å². The van der Waals surface area contributed by atoms with Gasteiger partial charge in [0.2, 0.25) is 0 Å². The minimum atomic E-state index is -0.380. The van der Waals surface area contributed by atoms with Gasteiger partial charge in [0.15, 0.2) is 5.69 Å². The molecule has 3 aromatic rings. The van der Waals surface area contributed by atoms with Crippen LogP contribution in [0.4, 0.5) is 0 Å². The molecule has 0 bridgehead atoms. The molecule has 2 aromatic carbocycles. The molecule has 0 saturated carbocycles. The summed E-state index contributed by atoms with van der Waals surface area (Å²) < 4.78 is 17.8. The molecule has 2 aliphatic rings. The predicted molar refractivity (Wildman–Crippen MR) is 160 cm³/mol. The Labute approximate surface area is 242 Å². The average Bonchev–Trinajstić information content (AvgIpc) is 3.24. The molecule has 41 heavy (non-hydrogen) atoms. The first-order valence-electron chi connectivity index (χ1n) is 14.2. The fourth-order valence-electron chi connectivity index (χ4n) is 5.00. The summed E-state index contributed by atoms with van der Waals surface area (Å²) in [6.07, 6.45) is 3.02. The first kappa shape index (κ1) is 30.1. The summed E-state index contributed by atoms with van der Waals surface area (Å²) >= 11 is 0. The van der Waals surface area contributed by atoms with Gasteiger partial charge in [-0.2, -0.15) is 5.10 Å². The van der Waals surface area contributed by atoms with Gasteiger partial charge in [-0.15, -0.1) is 0 Å². The first-order chi connectivity index (χ1) is 19.6. The van der Waals surface area contributed by atoms with Crippen LogP contribution < -0.4 is 4.74 Å². The maximum atomic E-state index is 12.5. The highest BCUT2D eigenvalue weighted by atomic mass is 16.5. The molecule has 8 nitrogen and oxygen atoms in total. The van der Waals surface area contributed by atoms with Gasteiger partial charge in [0.25, 0.3) is 6.47 Å². The molecule has 0 atom stereocenters. The Morgan fingerprint density at radius 2 is 1.78 bits per heavy atom. The molecule has 0 amide bonds. The minimum Gasteiger partial charge on any atom is -0.488 e. The van der Waals surface area contributed by atoms with Crippen molar-refractivity contribution in [3.05, 3.63) is 82.7 Å². The zero-order chi connectivity index (χ0) is 29.6. The number of ether oxygens (including phenoxy) is 3. The monoisotopic (exact) mass is 559 g/mol. The summed E-state index contributed by atoms with van der Waals surface area (Å²) in [7, 11) is 2.10. The van der Waals surface area contributed by atoms with Gasteiger partial charge in [0.1, 0.15) is 17.5 Å². The van der Waals surface area contributed by atoms with E-state index in [0.29, 0.717) is 18.8 Å². The van der Waals surface area contributed by atoms with Crippen molar-refractivity contribution < 1.29 is 23.8 Å². The second kappa shape index (κ2) is 13.2. The Morgan fingerprint density at radius 3 is 2.37 bits per heavy atom. The largest absolute Gasteiger partial charge is 0.488 e. The highest BCUT2D eigenvalue weighted by Crippen LogP contribution is 2.37. The van der Waals surface area contributed by atoms with E-state index in [1.54, 1.807) is 0 Å². The molecule has 0 unspecified atom stereocenters. The standard InChI is InChI=1S/C28H31N3O3.C5H10O2/c1-4-33-28(32)26-16-21-9-7-11-25(24-10-6-5-8-19(24)2)27(31(21)29-26)20-12-14-22(15-13-20)34-23-17-30(3)18-23;1-5(2,3)7-4-6/h5-6,8,10,12-16,23H,4,7,9,11,17-18H2,1-3H3;4H,1-3H3. The second-order valence-corrected chi connectivity index (χ2v) is 11.5. The lowest BCUT2D eigenvalue weighted by molar-refractivity contribution is -0.138. The quantitative estimate of drug-likeness (QED) is 0.268. The van der Waals surface area contributed by atoms with Crippen molar-refractivity contribution >= 4 is 23.7 Å². The van der Waals surface area contributed by atoms with E-state index in [4.69, 9.17) is 14.6 Å². The number of carbonyl (C=O) groups excluding carboxylic acids is 2. The third kappa shape index (κ3) is 7.64. The van der Waals surface area contributed by atoms with Gasteiger partial charge in [0, 0.05) is 24.3 Å². The van der Waals surface area contributed by atoms with Gasteiger partial charge in [0.05, 0.1) is 12.3 Å². The van der Waals surface area contributed by atoms with Crippen molar-refractivity contribution in [3.63, 3.8) is 0 Å². The van der Waals surface area contributed by atoms with Gasteiger partial charge in [-0.1, -0.05) is 24.3 Å². The highest BCUT2D eigenvalue weighted by molar-refractivity contribution is 5.93. The summed E-state index contributed by atoms with van der Waals surface area (Å²) in [6.45, 7) is 12.1. The Morgan fingerprint density at radius 1 is 1.07 bits per heavy atom. The van der Waals surface area contributed by atoms with Crippen LogP contribution in [0.2, 0.25) is 0 Å². The van der Waals surface area contributed by atoms with E-state index in [2.05, 4.69) is 60.0 Å². The van der Waals surface area contributed by atoms with Crippen LogP contribution in [-0.2, 0) is 20.7 Å². The fourth-order valence-corrected chi connectivity index (χ4v) is 5.00. The van der Waals surface area contributed by atoms with Crippen LogP contribution in [0.1, 0.15) is 73.4 Å². The number of hydrogen-bond donors (Lipinski definition) is 0. The van der Waals surface area contributed by atoms with E-state index in [9.17, 15) is 9.59 Å². The smallest absolute Gasteiger partial charge is 0.358 e. The van der Waals surface area contributed by atoms with Gasteiger partial charge in [-0.3, -0.25) is 9.69 Å². The van der Waals surface area contributed by atoms with Gasteiger partial charge in [-0.05, 0) is 108 Å². The lowest BCUT2D eigenvalue weighted by Gasteiger charge is -2.36. The molecule has 1 fully saturated rings. The van der Waals surface area contributed by atoms with Crippen molar-refractivity contribution in [3.8, 4) is 5.75 Å². The molecule has 218 valence electrons. The number of nitrogens with zero attached hydrogens (tertiary/aromatic N) is 3. The van der Waals surface area contributed by atoms with Crippen LogP contribution in [0.15, 0.2) is 54.6 Å². The topological polar surface area (TPSA) is 82.9 Å². The zero-order valence-corrected chi connectivity index (χ0v) is 25.0. The first-order valence-corrected chi connectivity index (χ1v) is 14.2. The third-order valence-corrected chi connectivity index (χ3v) is 6.96. The van der Waals surface area contributed by atoms with E-state index in [1.165, 1.54) is 16.7 Å². The molecular formula is C33H41N3O5. The lowest BCUT2D eigenvalue weighted by atomic mass is 9.93. The molecule has 0 aliphatic carbocycles. The Bertz CT molecular complexity index is 1380. The Kier molecular flexibility index (Phi) is 9.65. The summed E-state index contributed by atoms with van der Waals surface area (Å²) in [5, 5.41) is 4.74. The molecule has 2 aliphatic heterocycles. The number of benzene rings is 2. The van der Waals surface area contributed by atoms with E-state index in [0.717, 1.165) is 55.1 Å². The van der Waals surface area contributed by atoms with Gasteiger partial charge in [-0.25, -0.2) is 9.48 Å². The molecule has 8 heteroatoms. The molecule has 1 saturated heterocycles. The number of aryl methyl sites for hydroxylation is 2. The number of hydrogen-bond acceptors (Lipinski definition) is 7. The van der Waals surface area contributed by atoms with Gasteiger partial charge >= 0.3 is 5.97 Å². The van der Waals surface area contributed by atoms with Crippen LogP contribution in [0, 0.1) is 6.92 Å². The second-order valence-electron chi connectivity index (χ2n) is 11.5. The lowest BCUT2D eigenvalue weighted by Crippen LogP contribution is -2.51. The molecule has 3 heterocycles. The van der Waals surface area contributed by atoms with Crippen LogP contribution in [0.3, 0.4) is 0 Å². The number of aromatic nitrogens is 2. The Hall–Kier alpha value is -3.91. The fraction of sp³-hybridized carbons (Fsp3) is 0.424. The molecule has 1 aromatic heterocycles. The third-order valence-electron chi connectivity index (χ3n) is 6.96. The molecular weight excluding hydrogens is 518 g/mol. The predicted octanol–water partition coefficient (Wildman–Crippen LogP) is 5.77. The van der Waals surface area contributed by atoms with Crippen molar-refractivity contribution in [1.29, 1.82) is 0 Å². The number of likely N-dealkylation sites (tertiary alicyclic amines) is 1. The van der Waals surface area contributed by atoms with Crippen molar-refractivity contribution in [2.75, 3.05) is 26.7 Å². The van der Waals surface area contributed by atoms with E-state index in [1.807, 2.05) is 50.6 Å². The molecule has 0 spiro atoms. The van der Waals surface area contributed by atoms with Crippen LogP contribution in [0.25, 0.3) is 11.3 Å². The van der Waals surface area contributed by atoms with E-state index in [-0.39, 0.29) is 17.7 Å². The SMILES string of the molecule is CC(C)(C)OC=O.CCOC(=O)c1cc2n(n1)C(c1ccc(OC3CN(C)C3)cc1)=C(c1ccccc1C)CCC2. The van der Waals surface area contributed by atoms with Crippen LogP contribution >= 0.6 is 0 Å². The summed E-state index contributed by atoms with van der Waals surface area (Å²) in [6, 6.07) is 18.6. The number of esters is 1. The summed E-state index contributed by atoms with van der Waals surface area (Å²) in [5.41, 5.74) is 6.83. The zero-order valence-electron chi connectivity index (χ0n) is 25.0. The summed E-state index contributed by atoms with van der Waals surface area (Å²) in [5.74, 6) is 0.496. The number of allylic oxidation sites excluding steroid dienone is 1. The minimum absolute atomic E-state index is 0.250. The van der Waals surface area contributed by atoms with Crippen molar-refractivity contribution in [2.45, 2.75) is 65.6 Å². The average molecular weight is 560 g/mol. The number of likely N-dealkylation sites (N-methyl/N-ethyl adjacent to an activating group) is 1. The van der Waals surface area contributed by atoms with E-state index >= 15 is 0 Å². The highest BCUT2D eigenvalue weighted by Gasteiger charge is 2.26. The molecule has 0 radical (unpaired) electrons. The maximum Gasteiger partial charge on any atom is 0.358 e. The Balaban J connectivity index is 0.000000493. The van der Waals surface area contributed by atoms with Crippen molar-refractivity contribution in [2.24, 2.45) is 0 Å². The molecule has 0 N–H and O–H groups in total.